The molecule has 1 saturated carbocycles. The van der Waals surface area contributed by atoms with Crippen LogP contribution in [-0.2, 0) is 10.0 Å². The summed E-state index contributed by atoms with van der Waals surface area (Å²) in [7, 11) is -3.01. The normalized spacial score (nSPS) is 28.7. The highest BCUT2D eigenvalue weighted by Crippen LogP contribution is 2.30. The highest BCUT2D eigenvalue weighted by molar-refractivity contribution is 7.89. The number of rotatable bonds is 4. The maximum absolute atomic E-state index is 11.7. The molecular weight excluding hydrogens is 212 g/mol. The minimum atomic E-state index is -3.01. The van der Waals surface area contributed by atoms with Gasteiger partial charge in [-0.1, -0.05) is 0 Å². The Bertz CT molecular complexity index is 291. The van der Waals surface area contributed by atoms with E-state index in [2.05, 4.69) is 10.0 Å². The van der Waals surface area contributed by atoms with Gasteiger partial charge < -0.3 is 5.32 Å². The fourth-order valence-corrected chi connectivity index (χ4v) is 3.83. The molecule has 1 heterocycles. The molecule has 1 atom stereocenters. The Hall–Kier alpha value is -0.130. The van der Waals surface area contributed by atoms with E-state index in [-0.39, 0.29) is 6.04 Å². The Balaban J connectivity index is 1.82. The summed E-state index contributed by atoms with van der Waals surface area (Å²) in [4.78, 5) is 0. The molecular formula is C10H20N2O2S. The third-order valence-electron chi connectivity index (χ3n) is 3.07. The lowest BCUT2D eigenvalue weighted by molar-refractivity contribution is 0.516. The fraction of sp³-hybridized carbons (Fsp3) is 1.00. The van der Waals surface area contributed by atoms with E-state index in [1.807, 2.05) is 0 Å². The predicted octanol–water partition coefficient (Wildman–Crippen LogP) is 0.458. The van der Waals surface area contributed by atoms with Gasteiger partial charge in [-0.05, 0) is 51.1 Å². The van der Waals surface area contributed by atoms with E-state index in [9.17, 15) is 8.42 Å². The van der Waals surface area contributed by atoms with Crippen LogP contribution in [0.4, 0.5) is 0 Å². The molecule has 4 nitrogen and oxygen atoms in total. The van der Waals surface area contributed by atoms with Crippen molar-refractivity contribution in [2.45, 2.75) is 38.1 Å². The Labute approximate surface area is 91.9 Å². The summed E-state index contributed by atoms with van der Waals surface area (Å²) in [5.74, 6) is 0.781. The summed E-state index contributed by atoms with van der Waals surface area (Å²) in [5, 5.41) is 3.28. The van der Waals surface area contributed by atoms with Crippen molar-refractivity contribution in [2.75, 3.05) is 18.8 Å². The van der Waals surface area contributed by atoms with Gasteiger partial charge in [0, 0.05) is 6.04 Å². The molecule has 2 fully saturated rings. The van der Waals surface area contributed by atoms with E-state index >= 15 is 0 Å². The first-order valence-electron chi connectivity index (χ1n) is 5.86. The van der Waals surface area contributed by atoms with E-state index < -0.39 is 10.0 Å². The van der Waals surface area contributed by atoms with Crippen LogP contribution in [-0.4, -0.2) is 33.3 Å². The van der Waals surface area contributed by atoms with Gasteiger partial charge >= 0.3 is 0 Å². The smallest absolute Gasteiger partial charge is 0.212 e. The van der Waals surface area contributed by atoms with Gasteiger partial charge in [-0.25, -0.2) is 13.1 Å². The molecule has 2 rings (SSSR count). The third kappa shape index (κ3) is 4.09. The lowest BCUT2D eigenvalue weighted by atomic mass is 10.1. The first-order chi connectivity index (χ1) is 7.16. The van der Waals surface area contributed by atoms with Gasteiger partial charge in [-0.3, -0.25) is 0 Å². The molecule has 0 radical (unpaired) electrons. The summed E-state index contributed by atoms with van der Waals surface area (Å²) in [5.41, 5.74) is 0. The van der Waals surface area contributed by atoms with E-state index in [0.717, 1.165) is 45.2 Å². The van der Waals surface area contributed by atoms with Crippen molar-refractivity contribution in [2.24, 2.45) is 5.92 Å². The largest absolute Gasteiger partial charge is 0.317 e. The molecule has 2 aliphatic rings. The quantitative estimate of drug-likeness (QED) is 0.740. The van der Waals surface area contributed by atoms with Gasteiger partial charge in [-0.2, -0.15) is 0 Å². The van der Waals surface area contributed by atoms with Crippen LogP contribution in [0, 0.1) is 5.92 Å². The van der Waals surface area contributed by atoms with Crippen LogP contribution in [0.5, 0.6) is 0 Å². The summed E-state index contributed by atoms with van der Waals surface area (Å²) >= 11 is 0. The van der Waals surface area contributed by atoms with Crippen LogP contribution in [0.25, 0.3) is 0 Å². The minimum Gasteiger partial charge on any atom is -0.317 e. The molecule has 2 N–H and O–H groups in total. The molecule has 15 heavy (non-hydrogen) atoms. The van der Waals surface area contributed by atoms with Crippen LogP contribution in [0.2, 0.25) is 0 Å². The van der Waals surface area contributed by atoms with Gasteiger partial charge in [0.05, 0.1) is 5.75 Å². The number of sulfonamides is 1. The zero-order chi connectivity index (χ0) is 10.7. The first kappa shape index (κ1) is 11.4. The van der Waals surface area contributed by atoms with Gasteiger partial charge in [0.1, 0.15) is 0 Å². The average Bonchev–Trinajstić information content (AvgIpc) is 2.92. The minimum absolute atomic E-state index is 0.156. The highest BCUT2D eigenvalue weighted by atomic mass is 32.2. The molecule has 5 heteroatoms. The van der Waals surface area contributed by atoms with Gasteiger partial charge in [0.2, 0.25) is 10.0 Å². The van der Waals surface area contributed by atoms with Gasteiger partial charge in [-0.15, -0.1) is 0 Å². The van der Waals surface area contributed by atoms with Crippen LogP contribution < -0.4 is 10.0 Å². The summed E-state index contributed by atoms with van der Waals surface area (Å²) in [6.45, 7) is 1.94. The lowest BCUT2D eigenvalue weighted by Crippen LogP contribution is -2.37. The number of hydrogen-bond acceptors (Lipinski definition) is 3. The molecule has 1 aliphatic carbocycles. The fourth-order valence-electron chi connectivity index (χ4n) is 2.03. The monoisotopic (exact) mass is 232 g/mol. The molecule has 1 saturated heterocycles. The molecule has 0 aromatic rings. The second-order valence-electron chi connectivity index (χ2n) is 4.72. The van der Waals surface area contributed by atoms with Crippen molar-refractivity contribution in [3.63, 3.8) is 0 Å². The Morgan fingerprint density at radius 3 is 2.67 bits per heavy atom. The molecule has 1 aliphatic heterocycles. The molecule has 0 bridgehead atoms. The Kier molecular flexibility index (Phi) is 3.64. The van der Waals surface area contributed by atoms with Gasteiger partial charge in [0.25, 0.3) is 0 Å². The lowest BCUT2D eigenvalue weighted by Gasteiger charge is -2.15. The van der Waals surface area contributed by atoms with E-state index in [1.54, 1.807) is 0 Å². The molecule has 1 unspecified atom stereocenters. The maximum atomic E-state index is 11.7. The van der Waals surface area contributed by atoms with Crippen molar-refractivity contribution in [1.29, 1.82) is 0 Å². The van der Waals surface area contributed by atoms with Crippen molar-refractivity contribution >= 4 is 10.0 Å². The first-order valence-corrected chi connectivity index (χ1v) is 7.52. The van der Waals surface area contributed by atoms with Crippen LogP contribution in [0.15, 0.2) is 0 Å². The Morgan fingerprint density at radius 1 is 1.13 bits per heavy atom. The molecule has 88 valence electrons. The molecule has 0 amide bonds. The average molecular weight is 232 g/mol. The molecule has 0 aromatic carbocycles. The SMILES string of the molecule is O=S(=O)(CC1CC1)NC1CCCNCC1. The van der Waals surface area contributed by atoms with Crippen molar-refractivity contribution in [3.8, 4) is 0 Å². The van der Waals surface area contributed by atoms with Crippen LogP contribution in [0.3, 0.4) is 0 Å². The summed E-state index contributed by atoms with van der Waals surface area (Å²) in [6.07, 6.45) is 5.14. The van der Waals surface area contributed by atoms with Crippen molar-refractivity contribution in [3.05, 3.63) is 0 Å². The second-order valence-corrected chi connectivity index (χ2v) is 6.52. The van der Waals surface area contributed by atoms with Crippen LogP contribution >= 0.6 is 0 Å². The maximum Gasteiger partial charge on any atom is 0.212 e. The second kappa shape index (κ2) is 4.80. The topological polar surface area (TPSA) is 58.2 Å². The number of hydrogen-bond donors (Lipinski definition) is 2. The molecule has 0 spiro atoms. The standard InChI is InChI=1S/C10H20N2O2S/c13-15(14,8-9-3-4-9)12-10-2-1-6-11-7-5-10/h9-12H,1-8H2. The Morgan fingerprint density at radius 2 is 1.93 bits per heavy atom. The van der Waals surface area contributed by atoms with E-state index in [1.165, 1.54) is 0 Å². The van der Waals surface area contributed by atoms with Crippen molar-refractivity contribution < 1.29 is 8.42 Å². The predicted molar refractivity (Wildman–Crippen MR) is 60.2 cm³/mol. The summed E-state index contributed by atoms with van der Waals surface area (Å²) in [6, 6.07) is 0.156. The highest BCUT2D eigenvalue weighted by Gasteiger charge is 2.29. The zero-order valence-electron chi connectivity index (χ0n) is 9.04. The van der Waals surface area contributed by atoms with Crippen LogP contribution in [0.1, 0.15) is 32.1 Å². The summed E-state index contributed by atoms with van der Waals surface area (Å²) < 4.78 is 26.3. The molecule has 0 aromatic heterocycles. The zero-order valence-corrected chi connectivity index (χ0v) is 9.85. The van der Waals surface area contributed by atoms with E-state index in [0.29, 0.717) is 11.7 Å². The third-order valence-corrected chi connectivity index (χ3v) is 4.68. The van der Waals surface area contributed by atoms with E-state index in [4.69, 9.17) is 0 Å². The van der Waals surface area contributed by atoms with Gasteiger partial charge in [0.15, 0.2) is 0 Å². The number of nitrogens with one attached hydrogen (secondary N) is 2. The van der Waals surface area contributed by atoms with Crippen molar-refractivity contribution in [1.82, 2.24) is 10.0 Å².